The molecule has 1 saturated carbocycles. The van der Waals surface area contributed by atoms with Crippen molar-refractivity contribution in [3.63, 3.8) is 0 Å². The van der Waals surface area contributed by atoms with Gasteiger partial charge in [-0.05, 0) is 38.0 Å². The summed E-state index contributed by atoms with van der Waals surface area (Å²) in [5.74, 6) is 2.64. The van der Waals surface area contributed by atoms with Gasteiger partial charge in [0.05, 0.1) is 7.11 Å². The number of hydrogen-bond donors (Lipinski definition) is 1. The minimum absolute atomic E-state index is 0.175. The van der Waals surface area contributed by atoms with Crippen molar-refractivity contribution in [2.24, 2.45) is 11.3 Å². The van der Waals surface area contributed by atoms with Crippen molar-refractivity contribution in [1.82, 2.24) is 14.9 Å². The number of carbonyl (C=O) groups is 1. The first-order valence-corrected chi connectivity index (χ1v) is 9.28. The predicted octanol–water partition coefficient (Wildman–Crippen LogP) is 1.69. The van der Waals surface area contributed by atoms with Crippen LogP contribution in [0.2, 0.25) is 0 Å². The smallest absolute Gasteiger partial charge is 0.225 e. The van der Waals surface area contributed by atoms with E-state index in [-0.39, 0.29) is 11.4 Å². The summed E-state index contributed by atoms with van der Waals surface area (Å²) in [4.78, 5) is 25.2. The van der Waals surface area contributed by atoms with E-state index in [1.807, 2.05) is 6.07 Å². The van der Waals surface area contributed by atoms with Crippen molar-refractivity contribution in [3.05, 3.63) is 6.07 Å². The first-order chi connectivity index (χ1) is 12.1. The lowest BCUT2D eigenvalue weighted by atomic mass is 9.73. The Morgan fingerprint density at radius 3 is 2.92 bits per heavy atom. The van der Waals surface area contributed by atoms with Gasteiger partial charge in [-0.3, -0.25) is 4.79 Å². The zero-order valence-corrected chi connectivity index (χ0v) is 14.9. The molecule has 4 rings (SSSR count). The molecule has 2 aliphatic heterocycles. The maximum Gasteiger partial charge on any atom is 0.225 e. The average molecular weight is 345 g/mol. The molecule has 25 heavy (non-hydrogen) atoms. The van der Waals surface area contributed by atoms with Gasteiger partial charge in [0.1, 0.15) is 5.82 Å². The van der Waals surface area contributed by atoms with Crippen molar-refractivity contribution in [2.75, 3.05) is 43.9 Å². The van der Waals surface area contributed by atoms with Crippen LogP contribution >= 0.6 is 0 Å². The Morgan fingerprint density at radius 1 is 1.32 bits per heavy atom. The fourth-order valence-electron chi connectivity index (χ4n) is 4.31. The number of nitrogen functional groups attached to an aromatic ring is 1. The topological polar surface area (TPSA) is 84.6 Å². The van der Waals surface area contributed by atoms with Gasteiger partial charge in [0, 0.05) is 44.1 Å². The molecule has 2 N–H and O–H groups in total. The van der Waals surface area contributed by atoms with Crippen LogP contribution in [0, 0.1) is 11.3 Å². The van der Waals surface area contributed by atoms with Crippen LogP contribution in [-0.2, 0) is 4.79 Å². The predicted molar refractivity (Wildman–Crippen MR) is 95.4 cm³/mol. The number of aromatic nitrogens is 2. The molecule has 7 nitrogen and oxygen atoms in total. The zero-order valence-electron chi connectivity index (χ0n) is 14.9. The van der Waals surface area contributed by atoms with Gasteiger partial charge in [0.15, 0.2) is 0 Å². The lowest BCUT2D eigenvalue weighted by Gasteiger charge is -2.48. The molecule has 3 heterocycles. The summed E-state index contributed by atoms with van der Waals surface area (Å²) < 4.78 is 5.23. The van der Waals surface area contributed by atoms with Crippen LogP contribution in [0.25, 0.3) is 0 Å². The molecule has 3 fully saturated rings. The minimum atomic E-state index is 0.175. The standard InChI is InChI=1S/C18H27N5O2/c1-25-15-9-14(20-17(19)21-15)22-8-2-6-18(11-22)7-5-16(24)23(12-18)10-13-3-4-13/h9,13H,2-8,10-12H2,1H3,(H2,19,20,21)/t18-/m1/s1. The molecule has 1 amide bonds. The lowest BCUT2D eigenvalue weighted by molar-refractivity contribution is -0.138. The summed E-state index contributed by atoms with van der Waals surface area (Å²) >= 11 is 0. The second kappa shape index (κ2) is 6.35. The number of nitrogens with two attached hydrogens (primary N) is 1. The zero-order chi connectivity index (χ0) is 17.4. The molecule has 7 heteroatoms. The van der Waals surface area contributed by atoms with Gasteiger partial charge in [-0.25, -0.2) is 0 Å². The lowest BCUT2D eigenvalue weighted by Crippen LogP contribution is -2.54. The number of hydrogen-bond acceptors (Lipinski definition) is 6. The number of rotatable bonds is 4. The normalized spacial score (nSPS) is 27.0. The van der Waals surface area contributed by atoms with Crippen LogP contribution in [0.5, 0.6) is 5.88 Å². The summed E-state index contributed by atoms with van der Waals surface area (Å²) in [6.45, 7) is 3.71. The third kappa shape index (κ3) is 3.50. The highest BCUT2D eigenvalue weighted by atomic mass is 16.5. The fourth-order valence-corrected chi connectivity index (χ4v) is 4.31. The van der Waals surface area contributed by atoms with E-state index in [2.05, 4.69) is 19.8 Å². The third-order valence-corrected chi connectivity index (χ3v) is 5.82. The van der Waals surface area contributed by atoms with E-state index in [0.717, 1.165) is 50.8 Å². The first kappa shape index (κ1) is 16.4. The van der Waals surface area contributed by atoms with Gasteiger partial charge < -0.3 is 20.3 Å². The van der Waals surface area contributed by atoms with Gasteiger partial charge >= 0.3 is 0 Å². The second-order valence-electron chi connectivity index (χ2n) is 7.87. The van der Waals surface area contributed by atoms with Crippen LogP contribution in [-0.4, -0.2) is 54.1 Å². The Morgan fingerprint density at radius 2 is 2.16 bits per heavy atom. The Balaban J connectivity index is 1.51. The summed E-state index contributed by atoms with van der Waals surface area (Å²) in [6.07, 6.45) is 6.50. The van der Waals surface area contributed by atoms with Crippen LogP contribution in [0.4, 0.5) is 11.8 Å². The molecular weight excluding hydrogens is 318 g/mol. The molecular formula is C18H27N5O2. The van der Waals surface area contributed by atoms with Crippen molar-refractivity contribution >= 4 is 17.7 Å². The van der Waals surface area contributed by atoms with E-state index in [9.17, 15) is 4.79 Å². The van der Waals surface area contributed by atoms with Gasteiger partial charge in [-0.1, -0.05) is 0 Å². The maximum atomic E-state index is 12.3. The summed E-state index contributed by atoms with van der Waals surface area (Å²) in [5.41, 5.74) is 6.01. The number of likely N-dealkylation sites (tertiary alicyclic amines) is 1. The first-order valence-electron chi connectivity index (χ1n) is 9.28. The highest BCUT2D eigenvalue weighted by molar-refractivity contribution is 5.77. The average Bonchev–Trinajstić information content (AvgIpc) is 3.42. The molecule has 3 aliphatic rings. The second-order valence-corrected chi connectivity index (χ2v) is 7.87. The van der Waals surface area contributed by atoms with Crippen LogP contribution in [0.3, 0.4) is 0 Å². The Kier molecular flexibility index (Phi) is 4.17. The Bertz CT molecular complexity index is 663. The molecule has 1 spiro atoms. The Labute approximate surface area is 148 Å². The number of piperidine rings is 2. The van der Waals surface area contributed by atoms with E-state index < -0.39 is 0 Å². The van der Waals surface area contributed by atoms with E-state index in [0.29, 0.717) is 18.2 Å². The molecule has 1 atom stereocenters. The largest absolute Gasteiger partial charge is 0.481 e. The summed E-state index contributed by atoms with van der Waals surface area (Å²) in [7, 11) is 1.59. The number of amides is 1. The van der Waals surface area contributed by atoms with Crippen molar-refractivity contribution in [3.8, 4) is 5.88 Å². The van der Waals surface area contributed by atoms with Crippen LogP contribution in [0.15, 0.2) is 6.07 Å². The molecule has 1 aliphatic carbocycles. The van der Waals surface area contributed by atoms with E-state index in [1.54, 1.807) is 7.11 Å². The van der Waals surface area contributed by atoms with Crippen LogP contribution < -0.4 is 15.4 Å². The van der Waals surface area contributed by atoms with Gasteiger partial charge in [-0.2, -0.15) is 9.97 Å². The monoisotopic (exact) mass is 345 g/mol. The molecule has 0 aromatic carbocycles. The summed E-state index contributed by atoms with van der Waals surface area (Å²) in [5, 5.41) is 0. The highest BCUT2D eigenvalue weighted by Gasteiger charge is 2.43. The number of ether oxygens (including phenoxy) is 1. The highest BCUT2D eigenvalue weighted by Crippen LogP contribution is 2.41. The molecule has 1 aromatic rings. The van der Waals surface area contributed by atoms with E-state index >= 15 is 0 Å². The van der Waals surface area contributed by atoms with Gasteiger partial charge in [-0.15, -0.1) is 0 Å². The number of nitrogens with zero attached hydrogens (tertiary/aromatic N) is 4. The molecule has 136 valence electrons. The van der Waals surface area contributed by atoms with Crippen molar-refractivity contribution < 1.29 is 9.53 Å². The number of carbonyl (C=O) groups excluding carboxylic acids is 1. The third-order valence-electron chi connectivity index (χ3n) is 5.82. The molecule has 1 aromatic heterocycles. The maximum absolute atomic E-state index is 12.3. The van der Waals surface area contributed by atoms with E-state index in [1.165, 1.54) is 19.3 Å². The fraction of sp³-hybridized carbons (Fsp3) is 0.722. The summed E-state index contributed by atoms with van der Waals surface area (Å²) in [6, 6.07) is 1.85. The van der Waals surface area contributed by atoms with Gasteiger partial charge in [0.25, 0.3) is 0 Å². The Hall–Kier alpha value is -2.05. The van der Waals surface area contributed by atoms with Crippen molar-refractivity contribution in [2.45, 2.75) is 38.5 Å². The molecule has 2 saturated heterocycles. The molecule has 0 unspecified atom stereocenters. The number of methoxy groups -OCH3 is 1. The molecule has 0 bridgehead atoms. The van der Waals surface area contributed by atoms with Crippen molar-refractivity contribution in [1.29, 1.82) is 0 Å². The van der Waals surface area contributed by atoms with E-state index in [4.69, 9.17) is 10.5 Å². The quantitative estimate of drug-likeness (QED) is 0.894. The molecule has 0 radical (unpaired) electrons. The number of anilines is 2. The minimum Gasteiger partial charge on any atom is -0.481 e. The van der Waals surface area contributed by atoms with Crippen LogP contribution in [0.1, 0.15) is 38.5 Å². The SMILES string of the molecule is COc1cc(N2CCC[C@@]3(CCC(=O)N(CC4CC4)C3)C2)nc(N)n1. The van der Waals surface area contributed by atoms with Gasteiger partial charge in [0.2, 0.25) is 17.7 Å².